The van der Waals surface area contributed by atoms with Gasteiger partial charge >= 0.3 is 0 Å². The molecule has 2 aromatic carbocycles. The third kappa shape index (κ3) is 4.55. The molecule has 2 aliphatic heterocycles. The van der Waals surface area contributed by atoms with Crippen LogP contribution in [0.3, 0.4) is 0 Å². The molecule has 4 rings (SSSR count). The largest absolute Gasteiger partial charge is 0.345 e. The first kappa shape index (κ1) is 23.5. The van der Waals surface area contributed by atoms with E-state index in [0.717, 1.165) is 5.56 Å². The monoisotopic (exact) mass is 453 g/mol. The molecule has 1 fully saturated rings. The molecule has 0 aliphatic carbocycles. The van der Waals surface area contributed by atoms with Crippen LogP contribution in [0, 0.1) is 5.92 Å². The second kappa shape index (κ2) is 9.56. The maximum absolute atomic E-state index is 13.0. The van der Waals surface area contributed by atoms with Crippen LogP contribution in [0.15, 0.2) is 48.5 Å². The topological polar surface area (TPSA) is 95.6 Å². The van der Waals surface area contributed by atoms with Crippen molar-refractivity contribution in [1.82, 2.24) is 15.5 Å². The number of benzene rings is 2. The number of fused-ring (bicyclic) bond motifs is 1. The average molecular weight is 454 g/mol. The highest BCUT2D eigenvalue weighted by Gasteiger charge is 2.39. The number of rotatable bonds is 5. The van der Waals surface area contributed by atoms with E-state index in [1.807, 2.05) is 30.3 Å². The Balaban J connectivity index is 0.00000289. The van der Waals surface area contributed by atoms with Crippen LogP contribution in [-0.2, 0) is 16.1 Å². The third-order valence-corrected chi connectivity index (χ3v) is 5.90. The van der Waals surface area contributed by atoms with Gasteiger partial charge in [-0.25, -0.2) is 0 Å². The molecule has 0 radical (unpaired) electrons. The minimum Gasteiger partial charge on any atom is -0.345 e. The number of hydrogen-bond donors (Lipinski definition) is 2. The van der Waals surface area contributed by atoms with Crippen LogP contribution in [0.25, 0.3) is 0 Å². The smallest absolute Gasteiger partial charge is 0.255 e. The molecule has 2 N–H and O–H groups in total. The van der Waals surface area contributed by atoms with Gasteiger partial charge in [0.15, 0.2) is 0 Å². The lowest BCUT2D eigenvalue weighted by molar-refractivity contribution is -0.136. The molecule has 0 aromatic heterocycles. The van der Waals surface area contributed by atoms with Crippen LogP contribution in [0.2, 0.25) is 0 Å². The van der Waals surface area contributed by atoms with Crippen LogP contribution in [0.1, 0.15) is 64.6 Å². The molecule has 7 nitrogen and oxygen atoms in total. The van der Waals surface area contributed by atoms with Gasteiger partial charge in [-0.15, -0.1) is 0 Å². The zero-order valence-electron chi connectivity index (χ0n) is 18.1. The highest BCUT2D eigenvalue weighted by atomic mass is 32.1. The summed E-state index contributed by atoms with van der Waals surface area (Å²) in [5, 5.41) is 5.39. The van der Waals surface area contributed by atoms with Gasteiger partial charge in [-0.3, -0.25) is 24.5 Å². The highest BCUT2D eigenvalue weighted by Crippen LogP contribution is 2.29. The second-order valence-electron chi connectivity index (χ2n) is 8.38. The Morgan fingerprint density at radius 1 is 1.09 bits per heavy atom. The van der Waals surface area contributed by atoms with E-state index in [2.05, 4.69) is 24.5 Å². The van der Waals surface area contributed by atoms with E-state index < -0.39 is 11.9 Å². The zero-order valence-corrected chi connectivity index (χ0v) is 19.1. The summed E-state index contributed by atoms with van der Waals surface area (Å²) in [6.07, 6.45) is 0.519. The minimum absolute atomic E-state index is 0. The van der Waals surface area contributed by atoms with E-state index in [-0.39, 0.29) is 56.1 Å². The minimum atomic E-state index is -0.668. The summed E-state index contributed by atoms with van der Waals surface area (Å²) < 4.78 is 0. The summed E-state index contributed by atoms with van der Waals surface area (Å²) in [5.74, 6) is -1.02. The van der Waals surface area contributed by atoms with E-state index in [0.29, 0.717) is 23.1 Å². The molecule has 168 valence electrons. The standard InChI is InChI=1S/C24H25N3O4.H2S/c1-14(2)21(15-6-4-3-5-7-15)26-22(29)16-8-9-18-17(12-16)13-27(24(18)31)19-10-11-20(28)25-23(19)30;/h3-9,12,14,19,21H,10-11,13H2,1-2H3,(H,26,29)(H,25,28,30);1H2/t19?,21-;/m0./s1. The SMILES string of the molecule is CC(C)[C@H](NC(=O)c1ccc2c(c1)CN(C1CCC(=O)NC1=O)C2=O)c1ccccc1.S. The highest BCUT2D eigenvalue weighted by molar-refractivity contribution is 7.59. The predicted octanol–water partition coefficient (Wildman–Crippen LogP) is 2.69. The molecule has 4 amide bonds. The normalized spacial score (nSPS) is 18.7. The summed E-state index contributed by atoms with van der Waals surface area (Å²) in [6, 6.07) is 14.0. The van der Waals surface area contributed by atoms with E-state index in [1.54, 1.807) is 18.2 Å². The first-order valence-electron chi connectivity index (χ1n) is 10.5. The molecule has 1 saturated heterocycles. The van der Waals surface area contributed by atoms with Gasteiger partial charge in [-0.05, 0) is 41.7 Å². The average Bonchev–Trinajstić information content (AvgIpc) is 3.08. The molecule has 0 bridgehead atoms. The van der Waals surface area contributed by atoms with Crippen molar-refractivity contribution in [2.75, 3.05) is 0 Å². The molecule has 8 heteroatoms. The van der Waals surface area contributed by atoms with E-state index in [1.165, 1.54) is 4.90 Å². The van der Waals surface area contributed by atoms with Gasteiger partial charge in [0.2, 0.25) is 11.8 Å². The number of carbonyl (C=O) groups is 4. The second-order valence-corrected chi connectivity index (χ2v) is 8.38. The molecular formula is C24H27N3O4S. The van der Waals surface area contributed by atoms with Gasteiger partial charge < -0.3 is 10.2 Å². The van der Waals surface area contributed by atoms with Gasteiger partial charge in [0, 0.05) is 24.1 Å². The number of nitrogens with one attached hydrogen (secondary N) is 2. The molecular weight excluding hydrogens is 426 g/mol. The van der Waals surface area contributed by atoms with Crippen LogP contribution in [0.5, 0.6) is 0 Å². The van der Waals surface area contributed by atoms with Crippen molar-refractivity contribution in [3.8, 4) is 0 Å². The summed E-state index contributed by atoms with van der Waals surface area (Å²) >= 11 is 0. The van der Waals surface area contributed by atoms with Gasteiger partial charge in [0.1, 0.15) is 6.04 Å². The molecule has 2 aromatic rings. The van der Waals surface area contributed by atoms with E-state index in [4.69, 9.17) is 0 Å². The quantitative estimate of drug-likeness (QED) is 0.681. The Morgan fingerprint density at radius 3 is 2.47 bits per heavy atom. The maximum atomic E-state index is 13.0. The summed E-state index contributed by atoms with van der Waals surface area (Å²) in [5.41, 5.74) is 2.71. The number of piperidine rings is 1. The summed E-state index contributed by atoms with van der Waals surface area (Å²) in [4.78, 5) is 50.9. The Morgan fingerprint density at radius 2 is 1.81 bits per heavy atom. The van der Waals surface area contributed by atoms with Gasteiger partial charge in [-0.2, -0.15) is 13.5 Å². The fraction of sp³-hybridized carbons (Fsp3) is 0.333. The fourth-order valence-electron chi connectivity index (χ4n) is 4.24. The van der Waals surface area contributed by atoms with Crippen LogP contribution >= 0.6 is 13.5 Å². The van der Waals surface area contributed by atoms with Crippen molar-refractivity contribution < 1.29 is 19.2 Å². The Kier molecular flexibility index (Phi) is 7.03. The van der Waals surface area contributed by atoms with E-state index in [9.17, 15) is 19.2 Å². The van der Waals surface area contributed by atoms with Gasteiger partial charge in [-0.1, -0.05) is 44.2 Å². The summed E-state index contributed by atoms with van der Waals surface area (Å²) in [7, 11) is 0. The zero-order chi connectivity index (χ0) is 22.1. The van der Waals surface area contributed by atoms with Crippen LogP contribution < -0.4 is 10.6 Å². The lowest BCUT2D eigenvalue weighted by Gasteiger charge is -2.29. The first-order valence-corrected chi connectivity index (χ1v) is 10.5. The molecule has 0 spiro atoms. The number of amides is 4. The van der Waals surface area contributed by atoms with Crippen molar-refractivity contribution in [3.05, 3.63) is 70.8 Å². The predicted molar refractivity (Wildman–Crippen MR) is 124 cm³/mol. The van der Waals surface area contributed by atoms with Crippen LogP contribution in [-0.4, -0.2) is 34.6 Å². The molecule has 2 heterocycles. The molecule has 2 aliphatic rings. The number of nitrogens with zero attached hydrogens (tertiary/aromatic N) is 1. The maximum Gasteiger partial charge on any atom is 0.255 e. The molecule has 1 unspecified atom stereocenters. The number of carbonyl (C=O) groups excluding carboxylic acids is 4. The van der Waals surface area contributed by atoms with Gasteiger partial charge in [0.25, 0.3) is 11.8 Å². The lowest BCUT2D eigenvalue weighted by Crippen LogP contribution is -2.52. The first-order chi connectivity index (χ1) is 14.8. The van der Waals surface area contributed by atoms with Crippen molar-refractivity contribution in [2.45, 2.75) is 45.3 Å². The molecule has 2 atom stereocenters. The Labute approximate surface area is 194 Å². The Bertz CT molecular complexity index is 1050. The van der Waals surface area contributed by atoms with E-state index >= 15 is 0 Å². The third-order valence-electron chi connectivity index (χ3n) is 5.90. The molecule has 32 heavy (non-hydrogen) atoms. The van der Waals surface area contributed by atoms with Crippen molar-refractivity contribution in [2.24, 2.45) is 5.92 Å². The van der Waals surface area contributed by atoms with Crippen molar-refractivity contribution >= 4 is 37.1 Å². The fourth-order valence-corrected chi connectivity index (χ4v) is 4.24. The number of imide groups is 1. The number of hydrogen-bond acceptors (Lipinski definition) is 4. The molecule has 0 saturated carbocycles. The van der Waals surface area contributed by atoms with Crippen LogP contribution in [0.4, 0.5) is 0 Å². The Hall–Kier alpha value is -3.13. The van der Waals surface area contributed by atoms with Gasteiger partial charge in [0.05, 0.1) is 6.04 Å². The van der Waals surface area contributed by atoms with Crippen molar-refractivity contribution in [3.63, 3.8) is 0 Å². The van der Waals surface area contributed by atoms with Crippen molar-refractivity contribution in [1.29, 1.82) is 0 Å². The summed E-state index contributed by atoms with van der Waals surface area (Å²) in [6.45, 7) is 4.35. The lowest BCUT2D eigenvalue weighted by atomic mass is 9.95.